The molecular weight excluding hydrogens is 209 g/mol. The first-order chi connectivity index (χ1) is 7.60. The van der Waals surface area contributed by atoms with Gasteiger partial charge < -0.3 is 15.2 Å². The Kier molecular flexibility index (Phi) is 4.71. The van der Waals surface area contributed by atoms with Gasteiger partial charge in [0, 0.05) is 18.7 Å². The highest BCUT2D eigenvalue weighted by Crippen LogP contribution is 2.26. The monoisotopic (exact) mass is 227 g/mol. The fourth-order valence-corrected chi connectivity index (χ4v) is 1.55. The molecule has 0 fully saturated rings. The molecule has 2 N–H and O–H groups in total. The van der Waals surface area contributed by atoms with E-state index in [4.69, 9.17) is 15.2 Å². The summed E-state index contributed by atoms with van der Waals surface area (Å²) in [6.07, 6.45) is 0.571. The molecule has 0 saturated carbocycles. The first kappa shape index (κ1) is 12.9. The van der Waals surface area contributed by atoms with Crippen LogP contribution in [-0.4, -0.2) is 20.3 Å². The van der Waals surface area contributed by atoms with Crippen molar-refractivity contribution in [2.75, 3.05) is 14.2 Å². The van der Waals surface area contributed by atoms with Crippen LogP contribution >= 0.6 is 0 Å². The lowest BCUT2D eigenvalue weighted by Gasteiger charge is -2.17. The summed E-state index contributed by atoms with van der Waals surface area (Å²) in [5.74, 6) is -0.168. The van der Waals surface area contributed by atoms with Crippen LogP contribution in [0.3, 0.4) is 0 Å². The number of halogens is 1. The topological polar surface area (TPSA) is 44.5 Å². The molecule has 0 aromatic heterocycles. The molecule has 0 aliphatic heterocycles. The van der Waals surface area contributed by atoms with Crippen LogP contribution in [0.4, 0.5) is 4.39 Å². The van der Waals surface area contributed by atoms with Crippen molar-refractivity contribution in [1.29, 1.82) is 0 Å². The lowest BCUT2D eigenvalue weighted by atomic mass is 10.0. The number of rotatable bonds is 5. The van der Waals surface area contributed by atoms with E-state index in [9.17, 15) is 4.39 Å². The van der Waals surface area contributed by atoms with E-state index >= 15 is 0 Å². The van der Waals surface area contributed by atoms with Gasteiger partial charge in [0.1, 0.15) is 0 Å². The Morgan fingerprint density at radius 1 is 1.38 bits per heavy atom. The third-order valence-electron chi connectivity index (χ3n) is 2.60. The number of benzene rings is 1. The zero-order valence-corrected chi connectivity index (χ0v) is 9.87. The summed E-state index contributed by atoms with van der Waals surface area (Å²) in [6, 6.07) is 4.59. The van der Waals surface area contributed by atoms with E-state index in [0.29, 0.717) is 12.0 Å². The fraction of sp³-hybridized carbons (Fsp3) is 0.500. The minimum Gasteiger partial charge on any atom is -0.494 e. The highest BCUT2D eigenvalue weighted by atomic mass is 19.1. The number of nitrogens with two attached hydrogens (primary N) is 1. The normalized spacial score (nSPS) is 14.6. The second kappa shape index (κ2) is 5.82. The summed E-state index contributed by atoms with van der Waals surface area (Å²) in [4.78, 5) is 0. The molecule has 1 rings (SSSR count). The Balaban J connectivity index is 2.86. The fourth-order valence-electron chi connectivity index (χ4n) is 1.55. The van der Waals surface area contributed by atoms with Crippen molar-refractivity contribution in [1.82, 2.24) is 0 Å². The van der Waals surface area contributed by atoms with Gasteiger partial charge in [-0.1, -0.05) is 12.1 Å². The van der Waals surface area contributed by atoms with Gasteiger partial charge in [0.2, 0.25) is 0 Å². The Morgan fingerprint density at radius 3 is 2.62 bits per heavy atom. The van der Waals surface area contributed by atoms with Crippen molar-refractivity contribution < 1.29 is 13.9 Å². The van der Waals surface area contributed by atoms with Crippen LogP contribution in [0.25, 0.3) is 0 Å². The number of hydrogen-bond acceptors (Lipinski definition) is 3. The van der Waals surface area contributed by atoms with Crippen LogP contribution in [-0.2, 0) is 4.74 Å². The standard InChI is InChI=1S/C12H18FNO2/c1-8(15-2)7-10(14)9-5-4-6-11(16-3)12(9)13/h4-6,8,10H,7,14H2,1-3H3. The molecule has 0 amide bonds. The Hall–Kier alpha value is -1.13. The highest BCUT2D eigenvalue weighted by Gasteiger charge is 2.17. The first-order valence-corrected chi connectivity index (χ1v) is 5.21. The Labute approximate surface area is 95.4 Å². The second-order valence-corrected chi connectivity index (χ2v) is 3.75. The first-order valence-electron chi connectivity index (χ1n) is 5.21. The van der Waals surface area contributed by atoms with Crippen molar-refractivity contribution in [3.63, 3.8) is 0 Å². The van der Waals surface area contributed by atoms with Crippen LogP contribution in [0.1, 0.15) is 24.9 Å². The molecule has 0 aliphatic carbocycles. The maximum atomic E-state index is 13.8. The Morgan fingerprint density at radius 2 is 2.06 bits per heavy atom. The molecule has 2 atom stereocenters. The lowest BCUT2D eigenvalue weighted by Crippen LogP contribution is -2.19. The van der Waals surface area contributed by atoms with Crippen molar-refractivity contribution in [3.05, 3.63) is 29.6 Å². The average Bonchev–Trinajstić information content (AvgIpc) is 2.29. The summed E-state index contributed by atoms with van der Waals surface area (Å²) in [5, 5.41) is 0. The van der Waals surface area contributed by atoms with Gasteiger partial charge in [0.05, 0.1) is 13.2 Å². The molecular formula is C12H18FNO2. The predicted octanol–water partition coefficient (Wildman–Crippen LogP) is 2.26. The van der Waals surface area contributed by atoms with Crippen molar-refractivity contribution in [2.24, 2.45) is 5.73 Å². The van der Waals surface area contributed by atoms with Crippen LogP contribution in [0.5, 0.6) is 5.75 Å². The van der Waals surface area contributed by atoms with Gasteiger partial charge in [-0.15, -0.1) is 0 Å². The van der Waals surface area contributed by atoms with Gasteiger partial charge in [-0.25, -0.2) is 4.39 Å². The number of methoxy groups -OCH3 is 2. The zero-order chi connectivity index (χ0) is 12.1. The minimum atomic E-state index is -0.388. The smallest absolute Gasteiger partial charge is 0.169 e. The van der Waals surface area contributed by atoms with Crippen LogP contribution in [0.2, 0.25) is 0 Å². The van der Waals surface area contributed by atoms with Gasteiger partial charge in [-0.05, 0) is 19.4 Å². The molecule has 1 aromatic rings. The third-order valence-corrected chi connectivity index (χ3v) is 2.60. The molecule has 4 heteroatoms. The molecule has 0 bridgehead atoms. The summed E-state index contributed by atoms with van der Waals surface area (Å²) in [5.41, 5.74) is 6.38. The Bertz CT molecular complexity index is 344. The van der Waals surface area contributed by atoms with Crippen molar-refractivity contribution in [3.8, 4) is 5.75 Å². The molecule has 0 spiro atoms. The molecule has 90 valence electrons. The maximum Gasteiger partial charge on any atom is 0.169 e. The molecule has 0 radical (unpaired) electrons. The van der Waals surface area contributed by atoms with E-state index < -0.39 is 0 Å². The van der Waals surface area contributed by atoms with E-state index in [2.05, 4.69) is 0 Å². The SMILES string of the molecule is COc1cccc(C(N)CC(C)OC)c1F. The van der Waals surface area contributed by atoms with Gasteiger partial charge in [0.25, 0.3) is 0 Å². The van der Waals surface area contributed by atoms with Gasteiger partial charge >= 0.3 is 0 Å². The van der Waals surface area contributed by atoms with Gasteiger partial charge in [-0.2, -0.15) is 0 Å². The quantitative estimate of drug-likeness (QED) is 0.839. The number of hydrogen-bond donors (Lipinski definition) is 1. The summed E-state index contributed by atoms with van der Waals surface area (Å²) >= 11 is 0. The molecule has 0 heterocycles. The largest absolute Gasteiger partial charge is 0.494 e. The van der Waals surface area contributed by atoms with E-state index in [1.165, 1.54) is 7.11 Å². The summed E-state index contributed by atoms with van der Waals surface area (Å²) in [6.45, 7) is 1.90. The van der Waals surface area contributed by atoms with Crippen molar-refractivity contribution in [2.45, 2.75) is 25.5 Å². The molecule has 16 heavy (non-hydrogen) atoms. The average molecular weight is 227 g/mol. The van der Waals surface area contributed by atoms with Gasteiger partial charge in [0.15, 0.2) is 11.6 Å². The molecule has 0 aliphatic rings. The van der Waals surface area contributed by atoms with E-state index in [0.717, 1.165) is 0 Å². The second-order valence-electron chi connectivity index (χ2n) is 3.75. The summed E-state index contributed by atoms with van der Waals surface area (Å²) < 4.78 is 23.8. The zero-order valence-electron chi connectivity index (χ0n) is 9.87. The van der Waals surface area contributed by atoms with Crippen LogP contribution in [0, 0.1) is 5.82 Å². The van der Waals surface area contributed by atoms with E-state index in [-0.39, 0.29) is 23.7 Å². The highest BCUT2D eigenvalue weighted by molar-refractivity contribution is 5.32. The molecule has 1 aromatic carbocycles. The predicted molar refractivity (Wildman–Crippen MR) is 61.0 cm³/mol. The van der Waals surface area contributed by atoms with Crippen LogP contribution in [0.15, 0.2) is 18.2 Å². The molecule has 3 nitrogen and oxygen atoms in total. The number of ether oxygens (including phenoxy) is 2. The van der Waals surface area contributed by atoms with Crippen molar-refractivity contribution >= 4 is 0 Å². The maximum absolute atomic E-state index is 13.8. The summed E-state index contributed by atoms with van der Waals surface area (Å²) in [7, 11) is 3.05. The third kappa shape index (κ3) is 2.93. The lowest BCUT2D eigenvalue weighted by molar-refractivity contribution is 0.104. The van der Waals surface area contributed by atoms with E-state index in [1.54, 1.807) is 25.3 Å². The molecule has 2 unspecified atom stereocenters. The van der Waals surface area contributed by atoms with Crippen LogP contribution < -0.4 is 10.5 Å². The van der Waals surface area contributed by atoms with E-state index in [1.807, 2.05) is 6.92 Å². The molecule has 0 saturated heterocycles. The minimum absolute atomic E-state index is 0.000557. The van der Waals surface area contributed by atoms with Gasteiger partial charge in [-0.3, -0.25) is 0 Å².